The molecule has 1 aromatic rings. The largest absolute Gasteiger partial charge is 0.416 e. The number of benzene rings is 1. The van der Waals surface area contributed by atoms with Crippen molar-refractivity contribution in [1.29, 1.82) is 0 Å². The first-order valence-electron chi connectivity index (χ1n) is 10.0. The van der Waals surface area contributed by atoms with Crippen LogP contribution in [0, 0.1) is 10.8 Å². The van der Waals surface area contributed by atoms with E-state index in [4.69, 9.17) is 9.96 Å². The molecule has 0 unspecified atom stereocenters. The topological polar surface area (TPSA) is 61.2 Å². The molecule has 1 saturated carbocycles. The van der Waals surface area contributed by atoms with Crippen LogP contribution in [0.2, 0.25) is 18.1 Å². The second-order valence-electron chi connectivity index (χ2n) is 10.4. The van der Waals surface area contributed by atoms with Gasteiger partial charge in [-0.2, -0.15) is 0 Å². The lowest BCUT2D eigenvalue weighted by molar-refractivity contribution is -0.150. The predicted octanol–water partition coefficient (Wildman–Crippen LogP) is 5.60. The molecular formula is C21H34N4OSi. The fraction of sp³-hybridized carbons (Fsp3) is 0.714. The van der Waals surface area contributed by atoms with Gasteiger partial charge < -0.3 is 4.43 Å². The molecular weight excluding hydrogens is 352 g/mol. The van der Waals surface area contributed by atoms with Gasteiger partial charge in [-0.05, 0) is 47.5 Å². The van der Waals surface area contributed by atoms with Crippen molar-refractivity contribution in [1.82, 2.24) is 4.90 Å². The zero-order valence-corrected chi connectivity index (χ0v) is 18.5. The number of rotatable bonds is 7. The van der Waals surface area contributed by atoms with E-state index in [1.165, 1.54) is 5.56 Å². The maximum absolute atomic E-state index is 8.82. The summed E-state index contributed by atoms with van der Waals surface area (Å²) in [5, 5.41) is 4.18. The van der Waals surface area contributed by atoms with E-state index in [0.29, 0.717) is 6.54 Å². The van der Waals surface area contributed by atoms with Crippen LogP contribution in [0.3, 0.4) is 0 Å². The van der Waals surface area contributed by atoms with Crippen molar-refractivity contribution < 1.29 is 4.43 Å². The molecule has 0 radical (unpaired) electrons. The molecule has 0 spiro atoms. The maximum Gasteiger partial charge on any atom is 0.192 e. The second kappa shape index (κ2) is 7.25. The smallest absolute Gasteiger partial charge is 0.192 e. The van der Waals surface area contributed by atoms with Gasteiger partial charge in [-0.25, -0.2) is 0 Å². The van der Waals surface area contributed by atoms with Gasteiger partial charge in [-0.3, -0.25) is 4.90 Å². The molecule has 0 aromatic heterocycles. The molecule has 2 saturated heterocycles. The normalized spacial score (nSPS) is 28.3. The minimum absolute atomic E-state index is 0.135. The summed E-state index contributed by atoms with van der Waals surface area (Å²) in [7, 11) is -1.76. The van der Waals surface area contributed by atoms with Crippen molar-refractivity contribution in [2.45, 2.75) is 58.3 Å². The van der Waals surface area contributed by atoms with Crippen molar-refractivity contribution in [3.63, 3.8) is 0 Å². The lowest BCUT2D eigenvalue weighted by Crippen LogP contribution is -2.66. The van der Waals surface area contributed by atoms with Gasteiger partial charge in [-0.1, -0.05) is 56.2 Å². The van der Waals surface area contributed by atoms with E-state index in [9.17, 15) is 0 Å². The zero-order valence-electron chi connectivity index (χ0n) is 17.5. The Balaban J connectivity index is 1.72. The van der Waals surface area contributed by atoms with E-state index in [2.05, 4.69) is 79.1 Å². The summed E-state index contributed by atoms with van der Waals surface area (Å²) in [4.78, 5) is 5.58. The Kier molecular flexibility index (Phi) is 5.48. The molecule has 0 amide bonds. The highest BCUT2D eigenvalue weighted by Crippen LogP contribution is 2.59. The predicted molar refractivity (Wildman–Crippen MR) is 113 cm³/mol. The summed E-state index contributed by atoms with van der Waals surface area (Å²) in [6.45, 7) is 16.1. The number of fused-ring (bicyclic) bond motifs is 2. The number of piperidine rings is 2. The monoisotopic (exact) mass is 386 g/mol. The third kappa shape index (κ3) is 4.40. The lowest BCUT2D eigenvalue weighted by Gasteiger charge is -2.64. The zero-order chi connectivity index (χ0) is 19.8. The Morgan fingerprint density at radius 3 is 2.37 bits per heavy atom. The molecule has 5 nitrogen and oxygen atoms in total. The lowest BCUT2D eigenvalue weighted by atomic mass is 9.50. The molecule has 1 aliphatic carbocycles. The minimum Gasteiger partial charge on any atom is -0.416 e. The van der Waals surface area contributed by atoms with E-state index >= 15 is 0 Å². The van der Waals surface area contributed by atoms with E-state index < -0.39 is 8.32 Å². The summed E-state index contributed by atoms with van der Waals surface area (Å²) < 4.78 is 6.63. The Hall–Kier alpha value is -1.33. The first-order chi connectivity index (χ1) is 12.6. The fourth-order valence-corrected chi connectivity index (χ4v) is 5.86. The van der Waals surface area contributed by atoms with Crippen LogP contribution in [0.1, 0.15) is 39.2 Å². The van der Waals surface area contributed by atoms with E-state index in [-0.39, 0.29) is 15.9 Å². The van der Waals surface area contributed by atoms with Gasteiger partial charge in [0.15, 0.2) is 8.32 Å². The Morgan fingerprint density at radius 1 is 1.15 bits per heavy atom. The number of azide groups is 1. The first kappa shape index (κ1) is 20.4. The van der Waals surface area contributed by atoms with Gasteiger partial charge in [0.25, 0.3) is 0 Å². The average molecular weight is 387 g/mol. The molecule has 0 N–H and O–H groups in total. The van der Waals surface area contributed by atoms with E-state index in [1.807, 2.05) is 0 Å². The molecule has 27 heavy (non-hydrogen) atoms. The number of hydrogen-bond donors (Lipinski definition) is 0. The Bertz CT molecular complexity index is 701. The van der Waals surface area contributed by atoms with Crippen molar-refractivity contribution >= 4 is 8.32 Å². The van der Waals surface area contributed by atoms with Crippen LogP contribution in [0.4, 0.5) is 0 Å². The highest BCUT2D eigenvalue weighted by atomic mass is 28.4. The third-order valence-corrected chi connectivity index (χ3v) is 11.4. The summed E-state index contributed by atoms with van der Waals surface area (Å²) in [6, 6.07) is 10.7. The number of nitrogens with zero attached hydrogens (tertiary/aromatic N) is 4. The van der Waals surface area contributed by atoms with Crippen LogP contribution in [0.25, 0.3) is 10.4 Å². The molecule has 2 heterocycles. The Morgan fingerprint density at radius 2 is 1.78 bits per heavy atom. The maximum atomic E-state index is 8.82. The van der Waals surface area contributed by atoms with Crippen LogP contribution >= 0.6 is 0 Å². The van der Waals surface area contributed by atoms with Crippen molar-refractivity contribution in [2.75, 3.05) is 26.2 Å². The van der Waals surface area contributed by atoms with Crippen LogP contribution < -0.4 is 0 Å². The van der Waals surface area contributed by atoms with Gasteiger partial charge in [0.1, 0.15) is 0 Å². The van der Waals surface area contributed by atoms with Crippen molar-refractivity contribution in [3.8, 4) is 0 Å². The second-order valence-corrected chi connectivity index (χ2v) is 15.2. The average Bonchev–Trinajstić information content (AvgIpc) is 2.57. The number of hydrogen-bond acceptors (Lipinski definition) is 3. The van der Waals surface area contributed by atoms with E-state index in [0.717, 1.165) is 39.1 Å². The van der Waals surface area contributed by atoms with Crippen molar-refractivity contribution in [3.05, 3.63) is 46.3 Å². The molecule has 1 aromatic carbocycles. The van der Waals surface area contributed by atoms with Gasteiger partial charge in [0, 0.05) is 43.1 Å². The molecule has 4 rings (SSSR count). The van der Waals surface area contributed by atoms with Crippen LogP contribution in [0.15, 0.2) is 35.4 Å². The molecule has 0 atom stereocenters. The quantitative estimate of drug-likeness (QED) is 0.265. The van der Waals surface area contributed by atoms with Gasteiger partial charge in [-0.15, -0.1) is 0 Å². The highest BCUT2D eigenvalue weighted by Gasteiger charge is 2.59. The summed E-state index contributed by atoms with van der Waals surface area (Å²) in [5.74, 6) is 0. The standard InChI is InChI=1S/C21H34N4OSi/c1-19(2,3)27(4,5)26-17-21-12-20(13-21,14-23-24-22)15-25(16-21)11-18-9-7-6-8-10-18/h6-10H,11-17H2,1-5H3. The summed E-state index contributed by atoms with van der Waals surface area (Å²) >= 11 is 0. The first-order valence-corrected chi connectivity index (χ1v) is 12.9. The SMILES string of the molecule is CC(C)(C)[Si](C)(C)OCC12CN(Cc3ccccc3)CC(CN=[N+]=[N-])(C1)C2. The van der Waals surface area contributed by atoms with Gasteiger partial charge in [0.2, 0.25) is 0 Å². The van der Waals surface area contributed by atoms with Crippen molar-refractivity contribution in [2.24, 2.45) is 15.9 Å². The molecule has 3 aliphatic rings. The fourth-order valence-electron chi connectivity index (χ4n) is 4.76. The van der Waals surface area contributed by atoms with Gasteiger partial charge >= 0.3 is 0 Å². The molecule has 2 aliphatic heterocycles. The van der Waals surface area contributed by atoms with Crippen LogP contribution in [0.5, 0.6) is 0 Å². The third-order valence-electron chi connectivity index (χ3n) is 6.88. The van der Waals surface area contributed by atoms with E-state index in [1.54, 1.807) is 0 Å². The summed E-state index contributed by atoms with van der Waals surface area (Å²) in [6.07, 6.45) is 2.25. The Labute approximate surface area is 164 Å². The van der Waals surface area contributed by atoms with Gasteiger partial charge in [0.05, 0.1) is 0 Å². The van der Waals surface area contributed by atoms with Crippen LogP contribution in [-0.4, -0.2) is 39.5 Å². The highest BCUT2D eigenvalue weighted by molar-refractivity contribution is 6.74. The van der Waals surface area contributed by atoms with Crippen LogP contribution in [-0.2, 0) is 11.0 Å². The molecule has 148 valence electrons. The minimum atomic E-state index is -1.76. The molecule has 3 fully saturated rings. The molecule has 6 heteroatoms. The summed E-state index contributed by atoms with van der Waals surface area (Å²) in [5.41, 5.74) is 10.5. The molecule has 2 bridgehead atoms.